The van der Waals surface area contributed by atoms with Gasteiger partial charge in [-0.05, 0) is 48.5 Å². The zero-order valence-corrected chi connectivity index (χ0v) is 18.4. The molecule has 0 amide bonds. The SMILES string of the molecule is COc1cccc(OCCOCCn2c(-c3ccc(Cl)cc3)nc3ccccc3c2=O)c1. The number of rotatable bonds is 9. The van der Waals surface area contributed by atoms with Crippen LogP contribution in [0.3, 0.4) is 0 Å². The van der Waals surface area contributed by atoms with Crippen molar-refractivity contribution in [2.24, 2.45) is 0 Å². The van der Waals surface area contributed by atoms with Crippen molar-refractivity contribution in [1.29, 1.82) is 0 Å². The van der Waals surface area contributed by atoms with Crippen molar-refractivity contribution in [2.75, 3.05) is 26.9 Å². The highest BCUT2D eigenvalue weighted by molar-refractivity contribution is 6.30. The normalized spacial score (nSPS) is 10.9. The van der Waals surface area contributed by atoms with Crippen LogP contribution in [-0.2, 0) is 11.3 Å². The number of halogens is 1. The first-order chi connectivity index (χ1) is 15.7. The van der Waals surface area contributed by atoms with E-state index in [1.807, 2.05) is 54.6 Å². The summed E-state index contributed by atoms with van der Waals surface area (Å²) in [5.41, 5.74) is 1.38. The van der Waals surface area contributed by atoms with Crippen LogP contribution in [0, 0.1) is 0 Å². The first-order valence-electron chi connectivity index (χ1n) is 10.3. The third-order valence-corrected chi connectivity index (χ3v) is 5.21. The first kappa shape index (κ1) is 21.9. The average molecular weight is 451 g/mol. The van der Waals surface area contributed by atoms with E-state index in [2.05, 4.69) is 0 Å². The molecule has 3 aromatic carbocycles. The Hall–Kier alpha value is -3.35. The quantitative estimate of drug-likeness (QED) is 0.342. The molecule has 32 heavy (non-hydrogen) atoms. The van der Waals surface area contributed by atoms with Crippen LogP contribution < -0.4 is 15.0 Å². The van der Waals surface area contributed by atoms with Gasteiger partial charge in [-0.15, -0.1) is 0 Å². The van der Waals surface area contributed by atoms with Gasteiger partial charge in [0.15, 0.2) is 0 Å². The molecule has 0 spiro atoms. The Morgan fingerprint density at radius 3 is 2.50 bits per heavy atom. The molecule has 0 aliphatic carbocycles. The van der Waals surface area contributed by atoms with E-state index in [0.29, 0.717) is 53.9 Å². The first-order valence-corrected chi connectivity index (χ1v) is 10.6. The predicted molar refractivity (Wildman–Crippen MR) is 126 cm³/mol. The molecule has 0 fully saturated rings. The topological polar surface area (TPSA) is 62.6 Å². The van der Waals surface area contributed by atoms with Crippen LogP contribution in [0.15, 0.2) is 77.6 Å². The molecule has 1 heterocycles. The number of para-hydroxylation sites is 1. The number of hydrogen-bond donors (Lipinski definition) is 0. The van der Waals surface area contributed by atoms with E-state index < -0.39 is 0 Å². The van der Waals surface area contributed by atoms with Crippen LogP contribution in [0.4, 0.5) is 0 Å². The molecule has 7 heteroatoms. The second-order valence-electron chi connectivity index (χ2n) is 7.06. The zero-order chi connectivity index (χ0) is 22.3. The van der Waals surface area contributed by atoms with Crippen LogP contribution >= 0.6 is 11.6 Å². The molecule has 4 rings (SSSR count). The molecule has 164 valence electrons. The van der Waals surface area contributed by atoms with Gasteiger partial charge in [0.2, 0.25) is 0 Å². The minimum absolute atomic E-state index is 0.100. The monoisotopic (exact) mass is 450 g/mol. The summed E-state index contributed by atoms with van der Waals surface area (Å²) in [6.45, 7) is 1.50. The maximum atomic E-state index is 13.2. The number of aromatic nitrogens is 2. The number of benzene rings is 3. The van der Waals surface area contributed by atoms with E-state index in [0.717, 1.165) is 11.3 Å². The van der Waals surface area contributed by atoms with Crippen molar-refractivity contribution >= 4 is 22.5 Å². The summed E-state index contributed by atoms with van der Waals surface area (Å²) >= 11 is 6.03. The van der Waals surface area contributed by atoms with Gasteiger partial charge in [-0.1, -0.05) is 29.8 Å². The van der Waals surface area contributed by atoms with E-state index in [-0.39, 0.29) is 5.56 Å². The van der Waals surface area contributed by atoms with Crippen molar-refractivity contribution in [3.8, 4) is 22.9 Å². The van der Waals surface area contributed by atoms with Gasteiger partial charge in [0.1, 0.15) is 23.9 Å². The fourth-order valence-corrected chi connectivity index (χ4v) is 3.49. The van der Waals surface area contributed by atoms with Crippen LogP contribution in [-0.4, -0.2) is 36.5 Å². The van der Waals surface area contributed by atoms with Crippen LogP contribution in [0.2, 0.25) is 5.02 Å². The molecule has 0 bridgehead atoms. The Kier molecular flexibility index (Phi) is 7.04. The second-order valence-corrected chi connectivity index (χ2v) is 7.49. The molecule has 0 atom stereocenters. The Labute approximate surface area is 191 Å². The molecule has 0 aliphatic rings. The third kappa shape index (κ3) is 5.10. The lowest BCUT2D eigenvalue weighted by atomic mass is 10.2. The van der Waals surface area contributed by atoms with Crippen LogP contribution in [0.1, 0.15) is 0 Å². The summed E-state index contributed by atoms with van der Waals surface area (Å²) in [6.07, 6.45) is 0. The Balaban J connectivity index is 1.44. The van der Waals surface area contributed by atoms with Crippen molar-refractivity contribution in [3.63, 3.8) is 0 Å². The molecule has 0 aliphatic heterocycles. The standard InChI is InChI=1S/C25H23ClN2O4/c1-30-20-5-4-6-21(17-20)32-16-15-31-14-13-28-24(18-9-11-19(26)12-10-18)27-23-8-3-2-7-22(23)25(28)29/h2-12,17H,13-16H2,1H3. The molecule has 1 aromatic heterocycles. The van der Waals surface area contributed by atoms with Gasteiger partial charge in [-0.2, -0.15) is 0 Å². The number of methoxy groups -OCH3 is 1. The van der Waals surface area contributed by atoms with Crippen molar-refractivity contribution < 1.29 is 14.2 Å². The van der Waals surface area contributed by atoms with Gasteiger partial charge in [-0.3, -0.25) is 9.36 Å². The summed E-state index contributed by atoms with van der Waals surface area (Å²) < 4.78 is 18.3. The third-order valence-electron chi connectivity index (χ3n) is 4.96. The van der Waals surface area contributed by atoms with Gasteiger partial charge in [0.25, 0.3) is 5.56 Å². The molecular weight excluding hydrogens is 428 g/mol. The summed E-state index contributed by atoms with van der Waals surface area (Å²) in [5.74, 6) is 2.04. The maximum Gasteiger partial charge on any atom is 0.261 e. The Morgan fingerprint density at radius 1 is 0.906 bits per heavy atom. The van der Waals surface area contributed by atoms with Crippen molar-refractivity contribution in [3.05, 3.63) is 88.2 Å². The maximum absolute atomic E-state index is 13.2. The molecular formula is C25H23ClN2O4. The summed E-state index contributed by atoms with van der Waals surface area (Å²) in [6, 6.07) is 22.0. The lowest BCUT2D eigenvalue weighted by molar-refractivity contribution is 0.0940. The molecule has 0 saturated heterocycles. The van der Waals surface area contributed by atoms with Gasteiger partial charge in [0.05, 0.1) is 37.8 Å². The Morgan fingerprint density at radius 2 is 1.69 bits per heavy atom. The van der Waals surface area contributed by atoms with Crippen LogP contribution in [0.25, 0.3) is 22.3 Å². The fourth-order valence-electron chi connectivity index (χ4n) is 3.36. The molecule has 0 radical (unpaired) electrons. The van der Waals surface area contributed by atoms with Crippen molar-refractivity contribution in [1.82, 2.24) is 9.55 Å². The summed E-state index contributed by atoms with van der Waals surface area (Å²) in [5, 5.41) is 1.20. The molecule has 0 saturated carbocycles. The minimum atomic E-state index is -0.100. The summed E-state index contributed by atoms with van der Waals surface area (Å²) in [7, 11) is 1.62. The van der Waals surface area contributed by atoms with E-state index >= 15 is 0 Å². The summed E-state index contributed by atoms with van der Waals surface area (Å²) in [4.78, 5) is 17.9. The highest BCUT2D eigenvalue weighted by atomic mass is 35.5. The largest absolute Gasteiger partial charge is 0.497 e. The van der Waals surface area contributed by atoms with Gasteiger partial charge < -0.3 is 14.2 Å². The predicted octanol–water partition coefficient (Wildman–Crippen LogP) is 4.82. The van der Waals surface area contributed by atoms with E-state index in [1.165, 1.54) is 0 Å². The lowest BCUT2D eigenvalue weighted by Gasteiger charge is -2.14. The van der Waals surface area contributed by atoms with E-state index in [4.69, 9.17) is 30.8 Å². The average Bonchev–Trinajstić information content (AvgIpc) is 2.83. The number of ether oxygens (including phenoxy) is 3. The fraction of sp³-hybridized carbons (Fsp3) is 0.200. The molecule has 4 aromatic rings. The van der Waals surface area contributed by atoms with E-state index in [1.54, 1.807) is 29.9 Å². The highest BCUT2D eigenvalue weighted by Crippen LogP contribution is 2.21. The van der Waals surface area contributed by atoms with Gasteiger partial charge >= 0.3 is 0 Å². The van der Waals surface area contributed by atoms with E-state index in [9.17, 15) is 4.79 Å². The van der Waals surface area contributed by atoms with Crippen molar-refractivity contribution in [2.45, 2.75) is 6.54 Å². The number of fused-ring (bicyclic) bond motifs is 1. The molecule has 0 unspecified atom stereocenters. The Bertz CT molecular complexity index is 1260. The second kappa shape index (κ2) is 10.3. The van der Waals surface area contributed by atoms with Gasteiger partial charge in [-0.25, -0.2) is 4.98 Å². The smallest absolute Gasteiger partial charge is 0.261 e. The molecule has 0 N–H and O–H groups in total. The number of nitrogens with zero attached hydrogens (tertiary/aromatic N) is 2. The van der Waals surface area contributed by atoms with Crippen LogP contribution in [0.5, 0.6) is 11.5 Å². The number of hydrogen-bond acceptors (Lipinski definition) is 5. The molecule has 6 nitrogen and oxygen atoms in total. The highest BCUT2D eigenvalue weighted by Gasteiger charge is 2.12. The van der Waals surface area contributed by atoms with Gasteiger partial charge in [0, 0.05) is 16.7 Å². The lowest BCUT2D eigenvalue weighted by Crippen LogP contribution is -2.26. The zero-order valence-electron chi connectivity index (χ0n) is 17.7. The minimum Gasteiger partial charge on any atom is -0.497 e.